The molecule has 1 amide bonds. The molecular weight excluding hydrogens is 399 g/mol. The van der Waals surface area contributed by atoms with E-state index in [4.69, 9.17) is 0 Å². The Kier molecular flexibility index (Phi) is 8.63. The van der Waals surface area contributed by atoms with Crippen LogP contribution in [0.1, 0.15) is 44.6 Å². The molecule has 11 heteroatoms. The van der Waals surface area contributed by atoms with Gasteiger partial charge in [0.15, 0.2) is 5.82 Å². The number of pyridine rings is 1. The van der Waals surface area contributed by atoms with Crippen LogP contribution in [0.15, 0.2) is 12.3 Å². The van der Waals surface area contributed by atoms with Crippen molar-refractivity contribution in [2.45, 2.75) is 45.2 Å². The molecule has 1 aromatic rings. The van der Waals surface area contributed by atoms with Crippen LogP contribution in [0.5, 0.6) is 0 Å². The molecule has 26 heavy (non-hydrogen) atoms. The van der Waals surface area contributed by atoms with Gasteiger partial charge in [0.2, 0.25) is 15.9 Å². The van der Waals surface area contributed by atoms with E-state index in [9.17, 15) is 26.4 Å². The van der Waals surface area contributed by atoms with Gasteiger partial charge in [-0.15, -0.1) is 0 Å². The van der Waals surface area contributed by atoms with Crippen LogP contribution in [0.4, 0.5) is 24.7 Å². The average molecular weight is 419 g/mol. The standard InChI is InChI=1S/C15H20F3N3O3S.Ca/c1-2-25(23,24)21-13-12(8-11(9-19-13)15(16,17)18)20-14(22)10-6-4-3-5-7-10;/h8-10H,2-7H2,1H3,(H,19,21)(H,20,22);/q;+2. The minimum atomic E-state index is -4.65. The van der Waals surface area contributed by atoms with E-state index in [0.29, 0.717) is 25.1 Å². The number of anilines is 2. The van der Waals surface area contributed by atoms with E-state index in [1.54, 1.807) is 0 Å². The minimum Gasteiger partial charge on any atom is -0.323 e. The second-order valence-electron chi connectivity index (χ2n) is 5.95. The smallest absolute Gasteiger partial charge is 0.323 e. The zero-order valence-electron chi connectivity index (χ0n) is 14.4. The van der Waals surface area contributed by atoms with E-state index in [1.807, 2.05) is 0 Å². The quantitative estimate of drug-likeness (QED) is 0.718. The number of carbonyl (C=O) groups is 1. The summed E-state index contributed by atoms with van der Waals surface area (Å²) in [5.74, 6) is -1.30. The van der Waals surface area contributed by atoms with Gasteiger partial charge in [-0.1, -0.05) is 19.3 Å². The van der Waals surface area contributed by atoms with Gasteiger partial charge in [-0.2, -0.15) is 13.2 Å². The molecule has 6 nitrogen and oxygen atoms in total. The first-order valence-corrected chi connectivity index (χ1v) is 9.66. The predicted octanol–water partition coefficient (Wildman–Crippen LogP) is 3.00. The fourth-order valence-corrected chi connectivity index (χ4v) is 3.22. The summed E-state index contributed by atoms with van der Waals surface area (Å²) >= 11 is 0. The van der Waals surface area contributed by atoms with Crippen molar-refractivity contribution in [1.29, 1.82) is 0 Å². The molecule has 0 radical (unpaired) electrons. The number of aromatic nitrogens is 1. The van der Waals surface area contributed by atoms with Crippen LogP contribution in [-0.4, -0.2) is 62.8 Å². The number of hydrogen-bond donors (Lipinski definition) is 2. The van der Waals surface area contributed by atoms with Crippen LogP contribution < -0.4 is 10.0 Å². The Morgan fingerprint density at radius 2 is 1.88 bits per heavy atom. The third kappa shape index (κ3) is 6.54. The SMILES string of the molecule is CCS(=O)(=O)Nc1ncc(C(F)(F)F)cc1NC(=O)C1CCCCC1.[Ca+2]. The summed E-state index contributed by atoms with van der Waals surface area (Å²) in [5, 5.41) is 2.41. The van der Waals surface area contributed by atoms with Crippen molar-refractivity contribution >= 4 is 65.2 Å². The minimum absolute atomic E-state index is 0. The summed E-state index contributed by atoms with van der Waals surface area (Å²) < 4.78 is 64.2. The van der Waals surface area contributed by atoms with Gasteiger partial charge in [0.1, 0.15) is 0 Å². The topological polar surface area (TPSA) is 88.2 Å². The third-order valence-corrected chi connectivity index (χ3v) is 5.35. The fourth-order valence-electron chi connectivity index (χ4n) is 2.62. The number of nitrogens with one attached hydrogen (secondary N) is 2. The molecule has 1 fully saturated rings. The molecule has 140 valence electrons. The summed E-state index contributed by atoms with van der Waals surface area (Å²) in [7, 11) is -3.75. The van der Waals surface area contributed by atoms with Crippen molar-refractivity contribution in [3.8, 4) is 0 Å². The van der Waals surface area contributed by atoms with Crippen LogP contribution in [0.25, 0.3) is 0 Å². The summed E-state index contributed by atoms with van der Waals surface area (Å²) in [5.41, 5.74) is -1.35. The normalized spacial score (nSPS) is 15.8. The molecule has 0 aliphatic heterocycles. The van der Waals surface area contributed by atoms with Gasteiger partial charge < -0.3 is 5.32 Å². The molecular formula is C15H20CaF3N3O3S+2. The Bertz CT molecular complexity index is 735. The number of halogens is 3. The van der Waals surface area contributed by atoms with Gasteiger partial charge in [0.05, 0.1) is 17.0 Å². The number of nitrogens with zero attached hydrogens (tertiary/aromatic N) is 1. The van der Waals surface area contributed by atoms with Gasteiger partial charge >= 0.3 is 43.9 Å². The molecule has 0 unspecified atom stereocenters. The van der Waals surface area contributed by atoms with E-state index in [1.165, 1.54) is 6.92 Å². The molecule has 1 aliphatic carbocycles. The molecule has 1 heterocycles. The molecule has 0 saturated heterocycles. The van der Waals surface area contributed by atoms with Gasteiger partial charge in [0, 0.05) is 12.1 Å². The molecule has 0 bridgehead atoms. The first-order valence-electron chi connectivity index (χ1n) is 8.01. The van der Waals surface area contributed by atoms with E-state index in [-0.39, 0.29) is 60.9 Å². The Morgan fingerprint density at radius 3 is 2.42 bits per heavy atom. The van der Waals surface area contributed by atoms with Crippen molar-refractivity contribution in [1.82, 2.24) is 4.98 Å². The summed E-state index contributed by atoms with van der Waals surface area (Å²) in [6, 6.07) is 0.696. The number of carbonyl (C=O) groups excluding carboxylic acids is 1. The van der Waals surface area contributed by atoms with Gasteiger partial charge in [-0.05, 0) is 25.8 Å². The zero-order valence-corrected chi connectivity index (χ0v) is 17.4. The predicted molar refractivity (Wildman–Crippen MR) is 93.3 cm³/mol. The van der Waals surface area contributed by atoms with Crippen molar-refractivity contribution in [3.63, 3.8) is 0 Å². The van der Waals surface area contributed by atoms with Gasteiger partial charge in [0.25, 0.3) is 0 Å². The molecule has 0 spiro atoms. The maximum absolute atomic E-state index is 12.9. The summed E-state index contributed by atoms with van der Waals surface area (Å²) in [4.78, 5) is 15.9. The zero-order chi connectivity index (χ0) is 18.7. The van der Waals surface area contributed by atoms with E-state index < -0.39 is 27.7 Å². The second-order valence-corrected chi connectivity index (χ2v) is 7.96. The monoisotopic (exact) mass is 419 g/mol. The molecule has 0 aromatic carbocycles. The Labute approximate surface area is 180 Å². The maximum Gasteiger partial charge on any atom is 2.00 e. The number of amides is 1. The number of hydrogen-bond acceptors (Lipinski definition) is 4. The van der Waals surface area contributed by atoms with Crippen molar-refractivity contribution < 1.29 is 26.4 Å². The van der Waals surface area contributed by atoms with Crippen LogP contribution in [-0.2, 0) is 21.0 Å². The van der Waals surface area contributed by atoms with Crippen molar-refractivity contribution in [3.05, 3.63) is 17.8 Å². The Hall–Kier alpha value is -0.580. The second kappa shape index (κ2) is 9.57. The van der Waals surface area contributed by atoms with E-state index in [2.05, 4.69) is 15.0 Å². The number of sulfonamides is 1. The molecule has 1 aliphatic rings. The molecule has 2 N–H and O–H groups in total. The molecule has 0 atom stereocenters. The number of alkyl halides is 3. The first-order chi connectivity index (χ1) is 11.6. The number of rotatable bonds is 5. The fraction of sp³-hybridized carbons (Fsp3) is 0.600. The average Bonchev–Trinajstić information content (AvgIpc) is 2.56. The van der Waals surface area contributed by atoms with Crippen molar-refractivity contribution in [2.75, 3.05) is 15.8 Å². The van der Waals surface area contributed by atoms with Crippen LogP contribution in [0, 0.1) is 5.92 Å². The van der Waals surface area contributed by atoms with Gasteiger partial charge in [-0.25, -0.2) is 13.4 Å². The maximum atomic E-state index is 12.9. The largest absolute Gasteiger partial charge is 2.00 e. The third-order valence-electron chi connectivity index (χ3n) is 4.08. The van der Waals surface area contributed by atoms with E-state index >= 15 is 0 Å². The summed E-state index contributed by atoms with van der Waals surface area (Å²) in [6.07, 6.45) is -0.00924. The van der Waals surface area contributed by atoms with Crippen molar-refractivity contribution in [2.24, 2.45) is 5.92 Å². The molecule has 1 aromatic heterocycles. The van der Waals surface area contributed by atoms with Crippen LogP contribution in [0.2, 0.25) is 0 Å². The van der Waals surface area contributed by atoms with E-state index in [0.717, 1.165) is 19.3 Å². The van der Waals surface area contributed by atoms with Gasteiger partial charge in [-0.3, -0.25) is 9.52 Å². The first kappa shape index (κ1) is 23.5. The Morgan fingerprint density at radius 1 is 1.27 bits per heavy atom. The summed E-state index contributed by atoms with van der Waals surface area (Å²) in [6.45, 7) is 1.38. The molecule has 1 saturated carbocycles. The Balaban J connectivity index is 0.00000338. The molecule has 2 rings (SSSR count). The van der Waals surface area contributed by atoms with Crippen LogP contribution in [0.3, 0.4) is 0 Å². The van der Waals surface area contributed by atoms with Crippen LogP contribution >= 0.6 is 0 Å².